The number of fused-ring (bicyclic) bond motifs is 1. The fourth-order valence-corrected chi connectivity index (χ4v) is 3.97. The molecule has 0 unspecified atom stereocenters. The lowest BCUT2D eigenvalue weighted by Crippen LogP contribution is -2.18. The van der Waals surface area contributed by atoms with Crippen molar-refractivity contribution < 1.29 is 14.7 Å². The van der Waals surface area contributed by atoms with Crippen molar-refractivity contribution in [2.75, 3.05) is 0 Å². The second-order valence-electron chi connectivity index (χ2n) is 7.69. The number of carbonyl (C=O) groups is 2. The maximum absolute atomic E-state index is 12.7. The van der Waals surface area contributed by atoms with Crippen molar-refractivity contribution in [3.8, 4) is 5.69 Å². The number of nitrogens with one attached hydrogen (secondary N) is 1. The lowest BCUT2D eigenvalue weighted by molar-refractivity contribution is 0.0696. The lowest BCUT2D eigenvalue weighted by atomic mass is 10.0. The van der Waals surface area contributed by atoms with Crippen LogP contribution in [0.25, 0.3) is 16.5 Å². The minimum absolute atomic E-state index is 0.256. The molecular weight excluding hydrogens is 402 g/mol. The first-order chi connectivity index (χ1) is 15.4. The lowest BCUT2D eigenvalue weighted by Gasteiger charge is -2.13. The molecule has 0 bridgehead atoms. The van der Waals surface area contributed by atoms with Gasteiger partial charge in [0.1, 0.15) is 0 Å². The number of nitrogens with zero attached hydrogens (tertiary/aromatic N) is 2. The first kappa shape index (κ1) is 21.1. The summed E-state index contributed by atoms with van der Waals surface area (Å²) in [6.07, 6.45) is 1.63. The number of hydrazone groups is 1. The zero-order valence-electron chi connectivity index (χ0n) is 18.1. The second-order valence-corrected chi connectivity index (χ2v) is 7.69. The van der Waals surface area contributed by atoms with Gasteiger partial charge < -0.3 is 9.67 Å². The van der Waals surface area contributed by atoms with E-state index in [4.69, 9.17) is 0 Å². The summed E-state index contributed by atoms with van der Waals surface area (Å²) >= 11 is 0. The molecule has 4 aromatic rings. The summed E-state index contributed by atoms with van der Waals surface area (Å²) in [7, 11) is 0. The Hall–Kier alpha value is -4.19. The number of aromatic nitrogens is 1. The van der Waals surface area contributed by atoms with Crippen LogP contribution >= 0.6 is 0 Å². The van der Waals surface area contributed by atoms with Crippen LogP contribution in [0.15, 0.2) is 71.8 Å². The van der Waals surface area contributed by atoms with Crippen LogP contribution in [0, 0.1) is 20.8 Å². The fraction of sp³-hybridized carbons (Fsp3) is 0.115. The van der Waals surface area contributed by atoms with Gasteiger partial charge in [-0.1, -0.05) is 36.4 Å². The van der Waals surface area contributed by atoms with E-state index in [0.717, 1.165) is 39.0 Å². The van der Waals surface area contributed by atoms with Gasteiger partial charge in [0.25, 0.3) is 5.91 Å². The van der Waals surface area contributed by atoms with Crippen molar-refractivity contribution in [2.45, 2.75) is 20.8 Å². The van der Waals surface area contributed by atoms with Crippen LogP contribution in [0.3, 0.4) is 0 Å². The van der Waals surface area contributed by atoms with Crippen molar-refractivity contribution in [3.63, 3.8) is 0 Å². The topological polar surface area (TPSA) is 83.7 Å². The number of carboxylic acid groups (broad SMARTS) is 1. The molecule has 0 radical (unpaired) electrons. The minimum Gasteiger partial charge on any atom is -0.478 e. The summed E-state index contributed by atoms with van der Waals surface area (Å²) in [5.41, 5.74) is 8.00. The van der Waals surface area contributed by atoms with Gasteiger partial charge in [-0.3, -0.25) is 4.79 Å². The van der Waals surface area contributed by atoms with Crippen LogP contribution in [0.2, 0.25) is 0 Å². The maximum Gasteiger partial charge on any atom is 0.335 e. The molecule has 160 valence electrons. The Morgan fingerprint density at radius 2 is 1.72 bits per heavy atom. The molecule has 2 N–H and O–H groups in total. The highest BCUT2D eigenvalue weighted by Gasteiger charge is 2.14. The number of hydrogen-bond donors (Lipinski definition) is 2. The number of aromatic carboxylic acids is 1. The molecule has 0 fully saturated rings. The Kier molecular flexibility index (Phi) is 5.60. The summed E-state index contributed by atoms with van der Waals surface area (Å²) in [6.45, 7) is 5.83. The van der Waals surface area contributed by atoms with Gasteiger partial charge in [0.15, 0.2) is 0 Å². The molecule has 0 aliphatic carbocycles. The van der Waals surface area contributed by atoms with Crippen molar-refractivity contribution in [1.29, 1.82) is 0 Å². The zero-order valence-corrected chi connectivity index (χ0v) is 18.1. The Morgan fingerprint density at radius 1 is 0.969 bits per heavy atom. The monoisotopic (exact) mass is 425 g/mol. The highest BCUT2D eigenvalue weighted by atomic mass is 16.4. The molecule has 1 heterocycles. The van der Waals surface area contributed by atoms with Crippen LogP contribution in [-0.4, -0.2) is 27.8 Å². The second kappa shape index (κ2) is 8.51. The quantitative estimate of drug-likeness (QED) is 0.348. The molecule has 0 saturated carbocycles. The number of benzene rings is 3. The molecule has 6 heteroatoms. The van der Waals surface area contributed by atoms with E-state index in [0.29, 0.717) is 5.56 Å². The molecule has 1 amide bonds. The van der Waals surface area contributed by atoms with Gasteiger partial charge in [-0.05, 0) is 67.4 Å². The third-order valence-corrected chi connectivity index (χ3v) is 5.56. The van der Waals surface area contributed by atoms with E-state index < -0.39 is 5.97 Å². The van der Waals surface area contributed by atoms with E-state index in [9.17, 15) is 14.7 Å². The van der Waals surface area contributed by atoms with Crippen LogP contribution in [0.4, 0.5) is 0 Å². The van der Waals surface area contributed by atoms with E-state index in [1.54, 1.807) is 24.4 Å². The van der Waals surface area contributed by atoms with Crippen LogP contribution in [-0.2, 0) is 0 Å². The molecule has 0 spiro atoms. The van der Waals surface area contributed by atoms with Crippen LogP contribution in [0.5, 0.6) is 0 Å². The predicted molar refractivity (Wildman–Crippen MR) is 126 cm³/mol. The maximum atomic E-state index is 12.7. The average Bonchev–Trinajstić information content (AvgIpc) is 3.06. The molecule has 4 rings (SSSR count). The number of amides is 1. The average molecular weight is 425 g/mol. The Morgan fingerprint density at radius 3 is 2.47 bits per heavy atom. The summed E-state index contributed by atoms with van der Waals surface area (Å²) < 4.78 is 2.05. The molecule has 0 atom stereocenters. The Labute approximate surface area is 185 Å². The van der Waals surface area contributed by atoms with Crippen molar-refractivity contribution >= 4 is 28.9 Å². The van der Waals surface area contributed by atoms with Crippen molar-refractivity contribution in [2.24, 2.45) is 5.10 Å². The van der Waals surface area contributed by atoms with Gasteiger partial charge in [-0.2, -0.15) is 5.10 Å². The van der Waals surface area contributed by atoms with Crippen molar-refractivity contribution in [3.05, 3.63) is 100 Å². The first-order valence-corrected chi connectivity index (χ1v) is 10.2. The van der Waals surface area contributed by atoms with Gasteiger partial charge in [0.2, 0.25) is 0 Å². The Bertz CT molecular complexity index is 1380. The first-order valence-electron chi connectivity index (χ1n) is 10.2. The minimum atomic E-state index is -0.949. The summed E-state index contributed by atoms with van der Waals surface area (Å²) in [4.78, 5) is 23.9. The van der Waals surface area contributed by atoms with Gasteiger partial charge in [0, 0.05) is 28.2 Å². The van der Waals surface area contributed by atoms with E-state index in [2.05, 4.69) is 15.1 Å². The molecule has 6 nitrogen and oxygen atoms in total. The summed E-state index contributed by atoms with van der Waals surface area (Å²) in [5, 5.41) is 15.3. The molecule has 0 saturated heterocycles. The number of rotatable bonds is 5. The molecular formula is C26H23N3O3. The SMILES string of the molecule is Cc1cc(C(=O)O)ccc1-n1c(C)cc(/C=N\NC(=O)c2cccc3ccccc23)c1C. The zero-order chi connectivity index (χ0) is 22.8. The number of carbonyl (C=O) groups excluding carboxylic acids is 1. The van der Waals surface area contributed by atoms with Gasteiger partial charge in [-0.25, -0.2) is 10.2 Å². The van der Waals surface area contributed by atoms with E-state index in [-0.39, 0.29) is 11.5 Å². The van der Waals surface area contributed by atoms with Crippen molar-refractivity contribution in [1.82, 2.24) is 9.99 Å². The normalized spacial score (nSPS) is 11.2. The van der Waals surface area contributed by atoms with E-state index in [1.807, 2.05) is 69.3 Å². The molecule has 32 heavy (non-hydrogen) atoms. The smallest absolute Gasteiger partial charge is 0.335 e. The van der Waals surface area contributed by atoms with Crippen LogP contribution in [0.1, 0.15) is 43.2 Å². The van der Waals surface area contributed by atoms with Gasteiger partial charge >= 0.3 is 5.97 Å². The molecule has 1 aromatic heterocycles. The number of hydrogen-bond acceptors (Lipinski definition) is 3. The van der Waals surface area contributed by atoms with Gasteiger partial charge in [0.05, 0.1) is 11.8 Å². The molecule has 0 aliphatic rings. The highest BCUT2D eigenvalue weighted by molar-refractivity contribution is 6.07. The van der Waals surface area contributed by atoms with Crippen LogP contribution < -0.4 is 5.43 Å². The standard InChI is InChI=1S/C26H23N3O3/c1-16-13-20(26(31)32)11-12-24(16)29-17(2)14-21(18(29)3)15-27-28-25(30)23-10-6-8-19-7-4-5-9-22(19)23/h4-15H,1-3H3,(H,28,30)(H,31,32)/b27-15-. The third kappa shape index (κ3) is 3.90. The van der Waals surface area contributed by atoms with E-state index in [1.165, 1.54) is 0 Å². The number of aryl methyl sites for hydroxylation is 2. The largest absolute Gasteiger partial charge is 0.478 e. The highest BCUT2D eigenvalue weighted by Crippen LogP contribution is 2.23. The number of carboxylic acids is 1. The third-order valence-electron chi connectivity index (χ3n) is 5.56. The predicted octanol–water partition coefficient (Wildman–Crippen LogP) is 5.02. The fourth-order valence-electron chi connectivity index (χ4n) is 3.97. The summed E-state index contributed by atoms with van der Waals surface area (Å²) in [6, 6.07) is 20.4. The summed E-state index contributed by atoms with van der Waals surface area (Å²) in [5.74, 6) is -1.22. The van der Waals surface area contributed by atoms with Gasteiger partial charge in [-0.15, -0.1) is 0 Å². The molecule has 3 aromatic carbocycles. The van der Waals surface area contributed by atoms with E-state index >= 15 is 0 Å². The Balaban J connectivity index is 1.58. The molecule has 0 aliphatic heterocycles.